The lowest BCUT2D eigenvalue weighted by Crippen LogP contribution is -2.48. The number of aromatic nitrogens is 2. The maximum atomic E-state index is 6.07. The van der Waals surface area contributed by atoms with Gasteiger partial charge < -0.3 is 14.1 Å². The molecule has 3 aromatic rings. The van der Waals surface area contributed by atoms with Gasteiger partial charge in [0.25, 0.3) is 0 Å². The van der Waals surface area contributed by atoms with Crippen LogP contribution in [0.2, 0.25) is 0 Å². The van der Waals surface area contributed by atoms with Crippen LogP contribution in [0.25, 0.3) is 22.1 Å². The zero-order chi connectivity index (χ0) is 16.6. The van der Waals surface area contributed by atoms with E-state index in [1.54, 1.807) is 6.33 Å². The van der Waals surface area contributed by atoms with Gasteiger partial charge in [0.15, 0.2) is 11.4 Å². The van der Waals surface area contributed by atoms with Crippen molar-refractivity contribution in [3.63, 3.8) is 0 Å². The second-order valence-corrected chi connectivity index (χ2v) is 6.99. The van der Waals surface area contributed by atoms with Gasteiger partial charge in [0.2, 0.25) is 0 Å². The molecule has 5 rings (SSSR count). The molecule has 0 N–H and O–H groups in total. The summed E-state index contributed by atoms with van der Waals surface area (Å²) in [6, 6.07) is 8.05. The Hall–Kier alpha value is -2.18. The lowest BCUT2D eigenvalue weighted by Gasteiger charge is -2.36. The minimum absolute atomic E-state index is 0.702. The number of furan rings is 1. The molecular formula is C19H22N4O2. The van der Waals surface area contributed by atoms with Gasteiger partial charge in [-0.05, 0) is 24.5 Å². The molecule has 1 aromatic carbocycles. The third-order valence-electron chi connectivity index (χ3n) is 5.35. The van der Waals surface area contributed by atoms with Crippen molar-refractivity contribution < 1.29 is 9.15 Å². The summed E-state index contributed by atoms with van der Waals surface area (Å²) >= 11 is 0. The van der Waals surface area contributed by atoms with Gasteiger partial charge >= 0.3 is 0 Å². The van der Waals surface area contributed by atoms with Crippen LogP contribution < -0.4 is 4.90 Å². The molecule has 2 fully saturated rings. The standard InChI is InChI=1S/C19H22N4O2/c1-2-4-16-15(3-1)17-18(25-16)19(21-13-20-17)23-8-6-22(7-9-23)11-14-5-10-24-12-14/h1-4,13-14H,5-12H2. The molecule has 6 nitrogen and oxygen atoms in total. The van der Waals surface area contributed by atoms with Crippen LogP contribution in [0.1, 0.15) is 6.42 Å². The Balaban J connectivity index is 1.37. The van der Waals surface area contributed by atoms with E-state index in [1.165, 1.54) is 6.42 Å². The van der Waals surface area contributed by atoms with Crippen molar-refractivity contribution in [1.82, 2.24) is 14.9 Å². The van der Waals surface area contributed by atoms with Gasteiger partial charge in [-0.15, -0.1) is 0 Å². The van der Waals surface area contributed by atoms with E-state index >= 15 is 0 Å². The summed E-state index contributed by atoms with van der Waals surface area (Å²) in [6.45, 7) is 7.05. The molecule has 2 aliphatic heterocycles. The normalized spacial score (nSPS) is 22.2. The second-order valence-electron chi connectivity index (χ2n) is 6.99. The number of ether oxygens (including phenoxy) is 1. The molecule has 4 heterocycles. The molecule has 1 atom stereocenters. The van der Waals surface area contributed by atoms with Crippen LogP contribution in [-0.2, 0) is 4.74 Å². The predicted molar refractivity (Wildman–Crippen MR) is 96.9 cm³/mol. The van der Waals surface area contributed by atoms with Crippen molar-refractivity contribution in [1.29, 1.82) is 0 Å². The van der Waals surface area contributed by atoms with Gasteiger partial charge in [0.05, 0.1) is 6.61 Å². The number of fused-ring (bicyclic) bond motifs is 3. The van der Waals surface area contributed by atoms with Crippen molar-refractivity contribution in [3.8, 4) is 0 Å². The van der Waals surface area contributed by atoms with Crippen LogP contribution in [0.3, 0.4) is 0 Å². The minimum Gasteiger partial charge on any atom is -0.450 e. The first-order valence-corrected chi connectivity index (χ1v) is 9.06. The number of hydrogen-bond donors (Lipinski definition) is 0. The predicted octanol–water partition coefficient (Wildman–Crippen LogP) is 2.53. The van der Waals surface area contributed by atoms with Crippen LogP contribution in [0.4, 0.5) is 5.82 Å². The van der Waals surface area contributed by atoms with E-state index in [4.69, 9.17) is 9.15 Å². The fourth-order valence-electron chi connectivity index (χ4n) is 3.97. The van der Waals surface area contributed by atoms with Crippen molar-refractivity contribution in [3.05, 3.63) is 30.6 Å². The smallest absolute Gasteiger partial charge is 0.196 e. The van der Waals surface area contributed by atoms with Crippen molar-refractivity contribution in [2.75, 3.05) is 50.8 Å². The molecule has 0 aliphatic carbocycles. The van der Waals surface area contributed by atoms with Crippen LogP contribution in [0.15, 0.2) is 35.0 Å². The number of rotatable bonds is 3. The summed E-state index contributed by atoms with van der Waals surface area (Å²) in [5.74, 6) is 1.62. The van der Waals surface area contributed by atoms with E-state index in [-0.39, 0.29) is 0 Å². The summed E-state index contributed by atoms with van der Waals surface area (Å²) < 4.78 is 11.6. The summed E-state index contributed by atoms with van der Waals surface area (Å²) in [7, 11) is 0. The van der Waals surface area contributed by atoms with Crippen LogP contribution in [-0.4, -0.2) is 60.8 Å². The quantitative estimate of drug-likeness (QED) is 0.731. The first kappa shape index (κ1) is 15.1. The Morgan fingerprint density at radius 3 is 2.80 bits per heavy atom. The van der Waals surface area contributed by atoms with Crippen molar-refractivity contribution in [2.24, 2.45) is 5.92 Å². The molecule has 0 bridgehead atoms. The number of nitrogens with zero attached hydrogens (tertiary/aromatic N) is 4. The molecule has 2 aromatic heterocycles. The third-order valence-corrected chi connectivity index (χ3v) is 5.35. The van der Waals surface area contributed by atoms with Gasteiger partial charge in [0.1, 0.15) is 17.4 Å². The Labute approximate surface area is 146 Å². The molecule has 1 unspecified atom stereocenters. The third kappa shape index (κ3) is 2.75. The minimum atomic E-state index is 0.702. The average molecular weight is 338 g/mol. The Kier molecular flexibility index (Phi) is 3.79. The highest BCUT2D eigenvalue weighted by Crippen LogP contribution is 2.32. The van der Waals surface area contributed by atoms with Crippen LogP contribution >= 0.6 is 0 Å². The summed E-state index contributed by atoms with van der Waals surface area (Å²) in [6.07, 6.45) is 2.85. The SMILES string of the molecule is c1ccc2c(c1)oc1c(N3CCN(CC4CCOC4)CC3)ncnc12. The second kappa shape index (κ2) is 6.28. The van der Waals surface area contributed by atoms with E-state index in [0.29, 0.717) is 5.92 Å². The van der Waals surface area contributed by atoms with Crippen LogP contribution in [0, 0.1) is 5.92 Å². The van der Waals surface area contributed by atoms with Crippen molar-refractivity contribution >= 4 is 27.9 Å². The first-order valence-electron chi connectivity index (χ1n) is 9.06. The average Bonchev–Trinajstić information content (AvgIpc) is 3.29. The summed E-state index contributed by atoms with van der Waals surface area (Å²) in [5, 5.41) is 1.06. The monoisotopic (exact) mass is 338 g/mol. The Morgan fingerprint density at radius 2 is 1.96 bits per heavy atom. The number of piperazine rings is 1. The lowest BCUT2D eigenvalue weighted by atomic mass is 10.1. The largest absolute Gasteiger partial charge is 0.450 e. The maximum absolute atomic E-state index is 6.07. The topological polar surface area (TPSA) is 54.6 Å². The lowest BCUT2D eigenvalue weighted by molar-refractivity contribution is 0.164. The van der Waals surface area contributed by atoms with Crippen LogP contribution in [0.5, 0.6) is 0 Å². The molecule has 0 radical (unpaired) electrons. The summed E-state index contributed by atoms with van der Waals surface area (Å²) in [4.78, 5) is 13.9. The van der Waals surface area contributed by atoms with Gasteiger partial charge in [-0.25, -0.2) is 9.97 Å². The van der Waals surface area contributed by atoms with E-state index in [2.05, 4.69) is 25.8 Å². The highest BCUT2D eigenvalue weighted by atomic mass is 16.5. The molecule has 0 spiro atoms. The highest BCUT2D eigenvalue weighted by Gasteiger charge is 2.25. The summed E-state index contributed by atoms with van der Waals surface area (Å²) in [5.41, 5.74) is 2.59. The highest BCUT2D eigenvalue weighted by molar-refractivity contribution is 6.05. The first-order chi connectivity index (χ1) is 12.4. The van der Waals surface area contributed by atoms with Crippen molar-refractivity contribution in [2.45, 2.75) is 6.42 Å². The molecule has 2 saturated heterocycles. The number of hydrogen-bond acceptors (Lipinski definition) is 6. The fourth-order valence-corrected chi connectivity index (χ4v) is 3.97. The maximum Gasteiger partial charge on any atom is 0.196 e. The van der Waals surface area contributed by atoms with Gasteiger partial charge in [-0.2, -0.15) is 0 Å². The van der Waals surface area contributed by atoms with E-state index in [9.17, 15) is 0 Å². The Bertz CT molecular complexity index is 879. The Morgan fingerprint density at radius 1 is 1.08 bits per heavy atom. The molecular weight excluding hydrogens is 316 g/mol. The molecule has 2 aliphatic rings. The van der Waals surface area contributed by atoms with E-state index in [0.717, 1.165) is 73.8 Å². The number of benzene rings is 1. The zero-order valence-electron chi connectivity index (χ0n) is 14.2. The molecule has 0 saturated carbocycles. The molecule has 130 valence electrons. The van der Waals surface area contributed by atoms with E-state index < -0.39 is 0 Å². The van der Waals surface area contributed by atoms with Gasteiger partial charge in [0, 0.05) is 44.7 Å². The van der Waals surface area contributed by atoms with Gasteiger partial charge in [-0.3, -0.25) is 4.90 Å². The van der Waals surface area contributed by atoms with E-state index in [1.807, 2.05) is 18.2 Å². The number of para-hydroxylation sites is 1. The fraction of sp³-hybridized carbons (Fsp3) is 0.474. The zero-order valence-corrected chi connectivity index (χ0v) is 14.2. The number of anilines is 1. The molecule has 0 amide bonds. The molecule has 25 heavy (non-hydrogen) atoms. The van der Waals surface area contributed by atoms with Gasteiger partial charge in [-0.1, -0.05) is 12.1 Å². The molecule has 6 heteroatoms.